The zero-order valence-corrected chi connectivity index (χ0v) is 21.2. The highest BCUT2D eigenvalue weighted by molar-refractivity contribution is 6.30. The van der Waals surface area contributed by atoms with Gasteiger partial charge in [-0.3, -0.25) is 9.59 Å². The van der Waals surface area contributed by atoms with Crippen LogP contribution in [-0.4, -0.2) is 23.5 Å². The number of benzene rings is 3. The third-order valence-corrected chi connectivity index (χ3v) is 6.77. The Balaban J connectivity index is 1.51. The molecule has 0 bridgehead atoms. The van der Waals surface area contributed by atoms with Crippen LogP contribution in [0.15, 0.2) is 60.7 Å². The van der Waals surface area contributed by atoms with Gasteiger partial charge in [-0.25, -0.2) is 0 Å². The molecular weight excluding hydrogens is 476 g/mol. The monoisotopic (exact) mass is 506 g/mol. The number of aromatic hydroxyl groups is 1. The van der Waals surface area contributed by atoms with Gasteiger partial charge in [0, 0.05) is 22.1 Å². The summed E-state index contributed by atoms with van der Waals surface area (Å²) in [6.07, 6.45) is 7.28. The summed E-state index contributed by atoms with van der Waals surface area (Å²) < 4.78 is 11.3. The van der Waals surface area contributed by atoms with Crippen LogP contribution < -0.4 is 9.47 Å². The van der Waals surface area contributed by atoms with E-state index in [1.165, 1.54) is 31.7 Å². The number of phenols is 1. The second kappa shape index (κ2) is 12.1. The maximum Gasteiger partial charge on any atom is 0.312 e. The first-order valence-corrected chi connectivity index (χ1v) is 12.9. The largest absolute Gasteiger partial charge is 0.507 e. The first-order valence-electron chi connectivity index (χ1n) is 12.6. The molecule has 0 aromatic heterocycles. The lowest BCUT2D eigenvalue weighted by atomic mass is 9.84. The predicted octanol–water partition coefficient (Wildman–Crippen LogP) is 7.46. The van der Waals surface area contributed by atoms with Crippen LogP contribution in [0.1, 0.15) is 84.8 Å². The average Bonchev–Trinajstić information content (AvgIpc) is 2.88. The first kappa shape index (κ1) is 25.8. The number of rotatable bonds is 11. The summed E-state index contributed by atoms with van der Waals surface area (Å²) in [7, 11) is 0. The minimum atomic E-state index is -0.438. The van der Waals surface area contributed by atoms with Crippen LogP contribution in [0.5, 0.6) is 17.2 Å². The van der Waals surface area contributed by atoms with Crippen molar-refractivity contribution in [1.82, 2.24) is 0 Å². The molecule has 1 N–H and O–H groups in total. The van der Waals surface area contributed by atoms with E-state index in [-0.39, 0.29) is 35.2 Å². The molecule has 3 aromatic rings. The second-order valence-corrected chi connectivity index (χ2v) is 9.56. The van der Waals surface area contributed by atoms with Gasteiger partial charge < -0.3 is 14.6 Å². The fourth-order valence-electron chi connectivity index (χ4n) is 4.54. The minimum Gasteiger partial charge on any atom is -0.507 e. The highest BCUT2D eigenvalue weighted by Gasteiger charge is 2.33. The van der Waals surface area contributed by atoms with E-state index < -0.39 is 5.92 Å². The lowest BCUT2D eigenvalue weighted by Gasteiger charge is -2.26. The van der Waals surface area contributed by atoms with Gasteiger partial charge in [-0.1, -0.05) is 62.8 Å². The molecule has 0 aliphatic carbocycles. The molecule has 0 fully saturated rings. The molecule has 1 aliphatic heterocycles. The number of unbranched alkanes of at least 4 members (excludes halogenated alkanes) is 5. The van der Waals surface area contributed by atoms with Gasteiger partial charge in [0.1, 0.15) is 17.2 Å². The quantitative estimate of drug-likeness (QED) is 0.126. The van der Waals surface area contributed by atoms with E-state index in [9.17, 15) is 14.7 Å². The Morgan fingerprint density at radius 3 is 2.39 bits per heavy atom. The number of carbonyl (C=O) groups is 2. The Kier molecular flexibility index (Phi) is 8.65. The molecule has 0 saturated carbocycles. The Hall–Kier alpha value is -3.31. The molecule has 1 unspecified atom stereocenters. The second-order valence-electron chi connectivity index (χ2n) is 9.13. The number of fused-ring (bicyclic) bond motifs is 1. The van der Waals surface area contributed by atoms with Crippen LogP contribution in [0.25, 0.3) is 0 Å². The molecule has 1 aliphatic rings. The Labute approximate surface area is 217 Å². The first-order chi connectivity index (χ1) is 17.5. The lowest BCUT2D eigenvalue weighted by molar-refractivity contribution is -0.135. The standard InChI is InChI=1S/C30H31ClO5/c1-2-3-4-5-6-7-18-35-23-14-10-20(11-15-23)25-19-27(32)36-26-17-16-24(30(34)28(25)26)29(33)21-8-12-22(31)13-9-21/h8-17,25,34H,2-7,18-19H2,1H3. The van der Waals surface area contributed by atoms with Crippen LogP contribution in [0.2, 0.25) is 5.02 Å². The Morgan fingerprint density at radius 1 is 0.972 bits per heavy atom. The molecule has 1 atom stereocenters. The topological polar surface area (TPSA) is 72.8 Å². The van der Waals surface area contributed by atoms with Crippen molar-refractivity contribution in [2.45, 2.75) is 57.8 Å². The maximum absolute atomic E-state index is 13.1. The highest BCUT2D eigenvalue weighted by Crippen LogP contribution is 2.45. The van der Waals surface area contributed by atoms with Gasteiger partial charge in [0.2, 0.25) is 0 Å². The van der Waals surface area contributed by atoms with E-state index in [2.05, 4.69) is 6.92 Å². The van der Waals surface area contributed by atoms with Gasteiger partial charge >= 0.3 is 5.97 Å². The number of halogens is 1. The fraction of sp³-hybridized carbons (Fsp3) is 0.333. The molecule has 6 heteroatoms. The number of esters is 1. The molecule has 188 valence electrons. The van der Waals surface area contributed by atoms with Crippen LogP contribution in [0.4, 0.5) is 0 Å². The molecule has 5 nitrogen and oxygen atoms in total. The summed E-state index contributed by atoms with van der Waals surface area (Å²) >= 11 is 5.94. The fourth-order valence-corrected chi connectivity index (χ4v) is 4.67. The van der Waals surface area contributed by atoms with E-state index in [0.717, 1.165) is 24.2 Å². The lowest BCUT2D eigenvalue weighted by Crippen LogP contribution is -2.22. The van der Waals surface area contributed by atoms with E-state index in [1.807, 2.05) is 24.3 Å². The number of hydrogen-bond donors (Lipinski definition) is 1. The average molecular weight is 507 g/mol. The van der Waals surface area contributed by atoms with Crippen molar-refractivity contribution in [3.63, 3.8) is 0 Å². The van der Waals surface area contributed by atoms with Crippen molar-refractivity contribution >= 4 is 23.4 Å². The third kappa shape index (κ3) is 6.08. The van der Waals surface area contributed by atoms with E-state index in [0.29, 0.717) is 22.8 Å². The molecule has 3 aromatic carbocycles. The molecule has 0 saturated heterocycles. The number of ketones is 1. The minimum absolute atomic E-state index is 0.0666. The van der Waals surface area contributed by atoms with Crippen LogP contribution in [0, 0.1) is 0 Å². The van der Waals surface area contributed by atoms with E-state index in [4.69, 9.17) is 21.1 Å². The van der Waals surface area contributed by atoms with Crippen LogP contribution in [-0.2, 0) is 4.79 Å². The number of phenolic OH excluding ortho intramolecular Hbond substituents is 1. The molecular formula is C30H31ClO5. The van der Waals surface area contributed by atoms with Crippen molar-refractivity contribution in [3.05, 3.63) is 87.9 Å². The van der Waals surface area contributed by atoms with Gasteiger partial charge in [-0.2, -0.15) is 0 Å². The van der Waals surface area contributed by atoms with Crippen molar-refractivity contribution in [2.24, 2.45) is 0 Å². The van der Waals surface area contributed by atoms with Gasteiger partial charge in [0.25, 0.3) is 0 Å². The van der Waals surface area contributed by atoms with Crippen molar-refractivity contribution in [2.75, 3.05) is 6.61 Å². The molecule has 4 rings (SSSR count). The smallest absolute Gasteiger partial charge is 0.312 e. The summed E-state index contributed by atoms with van der Waals surface area (Å²) in [5.41, 5.74) is 1.84. The van der Waals surface area contributed by atoms with Gasteiger partial charge in [-0.15, -0.1) is 0 Å². The zero-order valence-electron chi connectivity index (χ0n) is 20.5. The zero-order chi connectivity index (χ0) is 25.5. The van der Waals surface area contributed by atoms with E-state index in [1.54, 1.807) is 30.3 Å². The number of carbonyl (C=O) groups excluding carboxylic acids is 2. The summed E-state index contributed by atoms with van der Waals surface area (Å²) in [4.78, 5) is 25.4. The van der Waals surface area contributed by atoms with Gasteiger partial charge in [0.05, 0.1) is 18.6 Å². The summed E-state index contributed by atoms with van der Waals surface area (Å²) in [6, 6.07) is 17.1. The Morgan fingerprint density at radius 2 is 1.67 bits per heavy atom. The normalized spacial score (nSPS) is 14.7. The summed E-state index contributed by atoms with van der Waals surface area (Å²) in [5, 5.41) is 11.7. The van der Waals surface area contributed by atoms with Crippen molar-refractivity contribution < 1.29 is 24.2 Å². The molecule has 0 spiro atoms. The highest BCUT2D eigenvalue weighted by atomic mass is 35.5. The van der Waals surface area contributed by atoms with Crippen molar-refractivity contribution in [1.29, 1.82) is 0 Å². The molecule has 0 radical (unpaired) electrons. The van der Waals surface area contributed by atoms with Gasteiger partial charge in [-0.05, 0) is 60.5 Å². The van der Waals surface area contributed by atoms with Gasteiger partial charge in [0.15, 0.2) is 5.78 Å². The summed E-state index contributed by atoms with van der Waals surface area (Å²) in [5.74, 6) is -0.292. The number of ether oxygens (including phenoxy) is 2. The SMILES string of the molecule is CCCCCCCCOc1ccc(C2CC(=O)Oc3ccc(C(=O)c4ccc(Cl)cc4)c(O)c32)cc1. The predicted molar refractivity (Wildman–Crippen MR) is 140 cm³/mol. The molecule has 1 heterocycles. The third-order valence-electron chi connectivity index (χ3n) is 6.52. The van der Waals surface area contributed by atoms with Crippen molar-refractivity contribution in [3.8, 4) is 17.2 Å². The van der Waals surface area contributed by atoms with Crippen LogP contribution >= 0.6 is 11.6 Å². The summed E-state index contributed by atoms with van der Waals surface area (Å²) in [6.45, 7) is 2.88. The van der Waals surface area contributed by atoms with Crippen LogP contribution in [0.3, 0.4) is 0 Å². The Bertz CT molecular complexity index is 1200. The number of hydrogen-bond acceptors (Lipinski definition) is 5. The van der Waals surface area contributed by atoms with E-state index >= 15 is 0 Å². The maximum atomic E-state index is 13.1. The molecule has 36 heavy (non-hydrogen) atoms. The molecule has 0 amide bonds.